The molecule has 0 unspecified atom stereocenters. The second kappa shape index (κ2) is 4.73. The van der Waals surface area contributed by atoms with E-state index in [-0.39, 0.29) is 17.8 Å². The van der Waals surface area contributed by atoms with Gasteiger partial charge in [-0.3, -0.25) is 0 Å². The maximum atomic E-state index is 9.99. The minimum absolute atomic E-state index is 0.0627. The van der Waals surface area contributed by atoms with Gasteiger partial charge in [0.25, 0.3) is 0 Å². The predicted octanol–water partition coefficient (Wildman–Crippen LogP) is 3.02. The molecule has 1 N–H and O–H groups in total. The van der Waals surface area contributed by atoms with Crippen LogP contribution in [0.25, 0.3) is 0 Å². The normalized spacial score (nSPS) is 21.0. The van der Waals surface area contributed by atoms with Gasteiger partial charge in [-0.25, -0.2) is 0 Å². The fourth-order valence-electron chi connectivity index (χ4n) is 3.14. The highest BCUT2D eigenvalue weighted by Crippen LogP contribution is 2.53. The van der Waals surface area contributed by atoms with Gasteiger partial charge < -0.3 is 24.1 Å². The van der Waals surface area contributed by atoms with Crippen LogP contribution in [0.15, 0.2) is 30.3 Å². The van der Waals surface area contributed by atoms with Crippen molar-refractivity contribution < 1.29 is 24.1 Å². The standard InChI is InChI=1S/C17H16O5/c1-19-9-3-4-10-14(5-9)21-8-12-11-6-13(18)16(20-2)7-15(11)22-17(10)12/h3-7,12,17-18H,8H2,1-2H3/t12-,17-/m0/s1. The molecular weight excluding hydrogens is 284 g/mol. The van der Waals surface area contributed by atoms with Crippen molar-refractivity contribution >= 4 is 0 Å². The van der Waals surface area contributed by atoms with Crippen LogP contribution in [-0.2, 0) is 0 Å². The molecule has 2 aliphatic heterocycles. The van der Waals surface area contributed by atoms with E-state index in [2.05, 4.69) is 0 Å². The topological polar surface area (TPSA) is 57.2 Å². The highest BCUT2D eigenvalue weighted by molar-refractivity contribution is 5.56. The van der Waals surface area contributed by atoms with Crippen molar-refractivity contribution in [2.45, 2.75) is 12.0 Å². The molecule has 0 bridgehead atoms. The van der Waals surface area contributed by atoms with Gasteiger partial charge >= 0.3 is 0 Å². The number of phenolic OH excluding ortho intramolecular Hbond substituents is 1. The number of rotatable bonds is 2. The van der Waals surface area contributed by atoms with Crippen LogP contribution in [0, 0.1) is 0 Å². The zero-order valence-corrected chi connectivity index (χ0v) is 12.3. The van der Waals surface area contributed by atoms with E-state index < -0.39 is 0 Å². The number of fused-ring (bicyclic) bond motifs is 5. The van der Waals surface area contributed by atoms with Crippen molar-refractivity contribution in [1.82, 2.24) is 0 Å². The van der Waals surface area contributed by atoms with Crippen molar-refractivity contribution in [2.24, 2.45) is 0 Å². The Kier molecular flexibility index (Phi) is 2.82. The van der Waals surface area contributed by atoms with E-state index in [1.165, 1.54) is 7.11 Å². The Labute approximate surface area is 128 Å². The van der Waals surface area contributed by atoms with E-state index in [9.17, 15) is 5.11 Å². The molecule has 2 aromatic rings. The number of methoxy groups -OCH3 is 2. The fraction of sp³-hybridized carbons (Fsp3) is 0.294. The number of aromatic hydroxyl groups is 1. The minimum atomic E-state index is -0.115. The first kappa shape index (κ1) is 13.1. The summed E-state index contributed by atoms with van der Waals surface area (Å²) in [4.78, 5) is 0. The molecule has 2 atom stereocenters. The molecule has 0 amide bonds. The van der Waals surface area contributed by atoms with Gasteiger partial charge in [0.15, 0.2) is 11.5 Å². The Bertz CT molecular complexity index is 740. The Balaban J connectivity index is 1.76. The van der Waals surface area contributed by atoms with Gasteiger partial charge in [0.2, 0.25) is 0 Å². The molecule has 114 valence electrons. The third-order valence-corrected chi connectivity index (χ3v) is 4.28. The zero-order chi connectivity index (χ0) is 15.3. The van der Waals surface area contributed by atoms with E-state index in [4.69, 9.17) is 18.9 Å². The summed E-state index contributed by atoms with van der Waals surface area (Å²) in [5.41, 5.74) is 1.94. The second-order valence-electron chi connectivity index (χ2n) is 5.42. The molecule has 5 heteroatoms. The van der Waals surface area contributed by atoms with Crippen LogP contribution < -0.4 is 18.9 Å². The molecule has 2 heterocycles. The number of hydrogen-bond donors (Lipinski definition) is 1. The average Bonchev–Trinajstić information content (AvgIpc) is 2.91. The molecule has 0 radical (unpaired) electrons. The van der Waals surface area contributed by atoms with Gasteiger partial charge in [0.1, 0.15) is 23.4 Å². The molecule has 5 nitrogen and oxygen atoms in total. The lowest BCUT2D eigenvalue weighted by Crippen LogP contribution is -2.23. The van der Waals surface area contributed by atoms with Crippen LogP contribution in [0.3, 0.4) is 0 Å². The zero-order valence-electron chi connectivity index (χ0n) is 12.3. The summed E-state index contributed by atoms with van der Waals surface area (Å²) in [5, 5.41) is 9.99. The van der Waals surface area contributed by atoms with Crippen molar-refractivity contribution in [1.29, 1.82) is 0 Å². The van der Waals surface area contributed by atoms with Crippen LogP contribution >= 0.6 is 0 Å². The molecule has 22 heavy (non-hydrogen) atoms. The smallest absolute Gasteiger partial charge is 0.164 e. The Hall–Kier alpha value is -2.56. The molecule has 2 aromatic carbocycles. The Morgan fingerprint density at radius 1 is 1.05 bits per heavy atom. The van der Waals surface area contributed by atoms with Crippen molar-refractivity contribution in [3.8, 4) is 28.7 Å². The largest absolute Gasteiger partial charge is 0.504 e. The lowest BCUT2D eigenvalue weighted by atomic mass is 9.89. The molecule has 0 aliphatic carbocycles. The Morgan fingerprint density at radius 2 is 1.91 bits per heavy atom. The van der Waals surface area contributed by atoms with Gasteiger partial charge in [0, 0.05) is 23.3 Å². The summed E-state index contributed by atoms with van der Waals surface area (Å²) in [6, 6.07) is 9.17. The van der Waals surface area contributed by atoms with Crippen molar-refractivity contribution in [3.63, 3.8) is 0 Å². The van der Waals surface area contributed by atoms with Crippen LogP contribution in [0.2, 0.25) is 0 Å². The quantitative estimate of drug-likeness (QED) is 0.924. The number of ether oxygens (including phenoxy) is 4. The molecule has 0 spiro atoms. The lowest BCUT2D eigenvalue weighted by Gasteiger charge is -2.28. The molecular formula is C17H16O5. The third kappa shape index (κ3) is 1.78. The molecule has 0 saturated heterocycles. The van der Waals surface area contributed by atoms with Gasteiger partial charge in [-0.2, -0.15) is 0 Å². The van der Waals surface area contributed by atoms with Gasteiger partial charge in [-0.15, -0.1) is 0 Å². The van der Waals surface area contributed by atoms with Gasteiger partial charge in [0.05, 0.1) is 26.7 Å². The van der Waals surface area contributed by atoms with Gasteiger partial charge in [-0.05, 0) is 18.2 Å². The maximum absolute atomic E-state index is 9.99. The van der Waals surface area contributed by atoms with Crippen LogP contribution in [-0.4, -0.2) is 25.9 Å². The molecule has 2 aliphatic rings. The maximum Gasteiger partial charge on any atom is 0.164 e. The first-order chi connectivity index (χ1) is 10.7. The van der Waals surface area contributed by atoms with E-state index in [0.717, 1.165) is 28.4 Å². The summed E-state index contributed by atoms with van der Waals surface area (Å²) in [5.74, 6) is 2.86. The fourth-order valence-corrected chi connectivity index (χ4v) is 3.14. The highest BCUT2D eigenvalue weighted by atomic mass is 16.5. The number of hydrogen-bond acceptors (Lipinski definition) is 5. The molecule has 0 saturated carbocycles. The second-order valence-corrected chi connectivity index (χ2v) is 5.42. The molecule has 0 aromatic heterocycles. The molecule has 0 fully saturated rings. The van der Waals surface area contributed by atoms with E-state index >= 15 is 0 Å². The Morgan fingerprint density at radius 3 is 2.68 bits per heavy atom. The summed E-state index contributed by atoms with van der Waals surface area (Å²) in [7, 11) is 3.15. The van der Waals surface area contributed by atoms with Crippen LogP contribution in [0.4, 0.5) is 0 Å². The number of benzene rings is 2. The SMILES string of the molecule is COc1ccc2c(c1)OC[C@H]1c3cc(O)c(OC)cc3O[C@@H]21. The van der Waals surface area contributed by atoms with E-state index in [0.29, 0.717) is 12.4 Å². The first-order valence-electron chi connectivity index (χ1n) is 7.09. The third-order valence-electron chi connectivity index (χ3n) is 4.28. The summed E-state index contributed by atoms with van der Waals surface area (Å²) in [6.07, 6.45) is -0.115. The van der Waals surface area contributed by atoms with Crippen LogP contribution in [0.5, 0.6) is 28.7 Å². The average molecular weight is 300 g/mol. The lowest BCUT2D eigenvalue weighted by molar-refractivity contribution is 0.139. The minimum Gasteiger partial charge on any atom is -0.504 e. The van der Waals surface area contributed by atoms with Crippen molar-refractivity contribution in [2.75, 3.05) is 20.8 Å². The molecule has 4 rings (SSSR count). The highest BCUT2D eigenvalue weighted by Gasteiger charge is 2.41. The summed E-state index contributed by atoms with van der Waals surface area (Å²) < 4.78 is 22.3. The summed E-state index contributed by atoms with van der Waals surface area (Å²) >= 11 is 0. The van der Waals surface area contributed by atoms with Crippen molar-refractivity contribution in [3.05, 3.63) is 41.5 Å². The van der Waals surface area contributed by atoms with Crippen LogP contribution in [0.1, 0.15) is 23.1 Å². The summed E-state index contributed by atoms with van der Waals surface area (Å²) in [6.45, 7) is 0.504. The van der Waals surface area contributed by atoms with E-state index in [1.54, 1.807) is 19.2 Å². The predicted molar refractivity (Wildman–Crippen MR) is 79.3 cm³/mol. The van der Waals surface area contributed by atoms with Gasteiger partial charge in [-0.1, -0.05) is 0 Å². The monoisotopic (exact) mass is 300 g/mol. The number of phenols is 1. The van der Waals surface area contributed by atoms with E-state index in [1.807, 2.05) is 18.2 Å². The first-order valence-corrected chi connectivity index (χ1v) is 7.09.